The van der Waals surface area contributed by atoms with Crippen LogP contribution in [0.3, 0.4) is 0 Å². The van der Waals surface area contributed by atoms with Gasteiger partial charge in [0.15, 0.2) is 11.6 Å². The Morgan fingerprint density at radius 1 is 1.25 bits per heavy atom. The molecular weight excluding hydrogens is 284 g/mol. The van der Waals surface area contributed by atoms with Crippen molar-refractivity contribution in [1.29, 1.82) is 0 Å². The maximum Gasteiger partial charge on any atom is 0.159 e. The topological polar surface area (TPSA) is 60.2 Å². The van der Waals surface area contributed by atoms with E-state index in [-0.39, 0.29) is 11.2 Å². The second-order valence-corrected chi connectivity index (χ2v) is 7.90. The van der Waals surface area contributed by atoms with Crippen LogP contribution in [0.25, 0.3) is 0 Å². The Bertz CT molecular complexity index is 589. The standard InChI is InChI=1S/C14H19F2NO2S/c1-20(18,19)11-4-2-3-9(7-11)14(17)10-5-6-12(15)13(16)8-10/h5-6,8-9,11,14H,2-4,7,17H2,1H3. The molecule has 3 unspecified atom stereocenters. The second-order valence-electron chi connectivity index (χ2n) is 5.58. The van der Waals surface area contributed by atoms with E-state index in [2.05, 4.69) is 0 Å². The van der Waals surface area contributed by atoms with E-state index in [1.165, 1.54) is 12.3 Å². The van der Waals surface area contributed by atoms with Gasteiger partial charge in [0.05, 0.1) is 5.25 Å². The first-order chi connectivity index (χ1) is 9.29. The van der Waals surface area contributed by atoms with Crippen LogP contribution in [0.15, 0.2) is 18.2 Å². The minimum absolute atomic E-state index is 0.0201. The van der Waals surface area contributed by atoms with Gasteiger partial charge in [-0.05, 0) is 42.9 Å². The summed E-state index contributed by atoms with van der Waals surface area (Å²) in [6.07, 6.45) is 3.98. The van der Waals surface area contributed by atoms with Gasteiger partial charge in [0.25, 0.3) is 0 Å². The van der Waals surface area contributed by atoms with Crippen LogP contribution < -0.4 is 5.73 Å². The van der Waals surface area contributed by atoms with Crippen LogP contribution in [-0.2, 0) is 9.84 Å². The third kappa shape index (κ3) is 3.35. The summed E-state index contributed by atoms with van der Waals surface area (Å²) in [7, 11) is -3.08. The molecule has 0 amide bonds. The van der Waals surface area contributed by atoms with Crippen LogP contribution in [0.2, 0.25) is 0 Å². The molecule has 2 rings (SSSR count). The van der Waals surface area contributed by atoms with Crippen molar-refractivity contribution in [2.45, 2.75) is 37.0 Å². The molecule has 0 aromatic heterocycles. The molecule has 0 aliphatic heterocycles. The highest BCUT2D eigenvalue weighted by molar-refractivity contribution is 7.91. The van der Waals surface area contributed by atoms with Crippen LogP contribution in [-0.4, -0.2) is 19.9 Å². The highest BCUT2D eigenvalue weighted by Crippen LogP contribution is 2.35. The Balaban J connectivity index is 2.16. The highest BCUT2D eigenvalue weighted by atomic mass is 32.2. The zero-order valence-electron chi connectivity index (χ0n) is 11.4. The van der Waals surface area contributed by atoms with Crippen molar-refractivity contribution in [3.8, 4) is 0 Å². The molecule has 3 atom stereocenters. The first-order valence-corrected chi connectivity index (χ1v) is 8.64. The molecule has 1 saturated carbocycles. The lowest BCUT2D eigenvalue weighted by atomic mass is 9.81. The second kappa shape index (κ2) is 5.77. The number of hydrogen-bond donors (Lipinski definition) is 1. The first kappa shape index (κ1) is 15.4. The van der Waals surface area contributed by atoms with E-state index < -0.39 is 27.5 Å². The van der Waals surface area contributed by atoms with Crippen molar-refractivity contribution >= 4 is 9.84 Å². The molecule has 6 heteroatoms. The van der Waals surface area contributed by atoms with Gasteiger partial charge in [0.1, 0.15) is 9.84 Å². The van der Waals surface area contributed by atoms with Gasteiger partial charge in [0, 0.05) is 12.3 Å². The number of rotatable bonds is 3. The van der Waals surface area contributed by atoms with Crippen molar-refractivity contribution in [3.63, 3.8) is 0 Å². The fourth-order valence-corrected chi connectivity index (χ4v) is 4.08. The number of halogens is 2. The minimum atomic E-state index is -3.08. The van der Waals surface area contributed by atoms with Crippen molar-refractivity contribution in [3.05, 3.63) is 35.4 Å². The molecule has 0 heterocycles. The predicted molar refractivity (Wildman–Crippen MR) is 73.9 cm³/mol. The Morgan fingerprint density at radius 2 is 1.95 bits per heavy atom. The van der Waals surface area contributed by atoms with Crippen molar-refractivity contribution in [1.82, 2.24) is 0 Å². The quantitative estimate of drug-likeness (QED) is 0.933. The van der Waals surface area contributed by atoms with E-state index in [0.29, 0.717) is 18.4 Å². The molecule has 0 radical (unpaired) electrons. The molecule has 112 valence electrons. The lowest BCUT2D eigenvalue weighted by Crippen LogP contribution is -2.33. The Morgan fingerprint density at radius 3 is 2.55 bits per heavy atom. The zero-order chi connectivity index (χ0) is 14.9. The summed E-state index contributed by atoms with van der Waals surface area (Å²) in [6, 6.07) is 3.16. The van der Waals surface area contributed by atoms with E-state index >= 15 is 0 Å². The molecule has 1 aromatic rings. The summed E-state index contributed by atoms with van der Waals surface area (Å²) in [5, 5.41) is -0.377. The lowest BCUT2D eigenvalue weighted by molar-refractivity contribution is 0.308. The summed E-state index contributed by atoms with van der Waals surface area (Å²) in [6.45, 7) is 0. The van der Waals surface area contributed by atoms with Crippen LogP contribution in [0, 0.1) is 17.6 Å². The Labute approximate surface area is 118 Å². The number of benzene rings is 1. The first-order valence-electron chi connectivity index (χ1n) is 6.68. The van der Waals surface area contributed by atoms with Crippen LogP contribution in [0.1, 0.15) is 37.3 Å². The largest absolute Gasteiger partial charge is 0.324 e. The monoisotopic (exact) mass is 303 g/mol. The highest BCUT2D eigenvalue weighted by Gasteiger charge is 2.32. The van der Waals surface area contributed by atoms with Gasteiger partial charge in [-0.1, -0.05) is 12.5 Å². The summed E-state index contributed by atoms with van der Waals surface area (Å²) in [4.78, 5) is 0. The average Bonchev–Trinajstić information content (AvgIpc) is 2.40. The fourth-order valence-electron chi connectivity index (χ4n) is 2.89. The summed E-state index contributed by atoms with van der Waals surface area (Å²) >= 11 is 0. The smallest absolute Gasteiger partial charge is 0.159 e. The summed E-state index contributed by atoms with van der Waals surface area (Å²) in [5.41, 5.74) is 6.63. The van der Waals surface area contributed by atoms with Gasteiger partial charge in [-0.2, -0.15) is 0 Å². The van der Waals surface area contributed by atoms with Gasteiger partial charge in [0.2, 0.25) is 0 Å². The summed E-state index contributed by atoms with van der Waals surface area (Å²) < 4.78 is 49.5. The molecule has 2 N–H and O–H groups in total. The van der Waals surface area contributed by atoms with Crippen molar-refractivity contribution in [2.24, 2.45) is 11.7 Å². The SMILES string of the molecule is CS(=O)(=O)C1CCCC(C(N)c2ccc(F)c(F)c2)C1. The molecular formula is C14H19F2NO2S. The maximum atomic E-state index is 13.2. The molecule has 0 spiro atoms. The lowest BCUT2D eigenvalue weighted by Gasteiger charge is -2.32. The number of hydrogen-bond acceptors (Lipinski definition) is 3. The molecule has 1 fully saturated rings. The van der Waals surface area contributed by atoms with Gasteiger partial charge in [-0.15, -0.1) is 0 Å². The molecule has 0 saturated heterocycles. The Hall–Kier alpha value is -1.01. The van der Waals surface area contributed by atoms with Crippen LogP contribution in [0.4, 0.5) is 8.78 Å². The normalized spacial score (nSPS) is 25.4. The van der Waals surface area contributed by atoms with E-state index in [9.17, 15) is 17.2 Å². The van der Waals surface area contributed by atoms with Crippen LogP contribution >= 0.6 is 0 Å². The minimum Gasteiger partial charge on any atom is -0.324 e. The van der Waals surface area contributed by atoms with E-state index in [4.69, 9.17) is 5.73 Å². The van der Waals surface area contributed by atoms with E-state index in [1.54, 1.807) is 0 Å². The van der Waals surface area contributed by atoms with Gasteiger partial charge < -0.3 is 5.73 Å². The average molecular weight is 303 g/mol. The van der Waals surface area contributed by atoms with Crippen LogP contribution in [0.5, 0.6) is 0 Å². The molecule has 3 nitrogen and oxygen atoms in total. The van der Waals surface area contributed by atoms with Gasteiger partial charge in [-0.3, -0.25) is 0 Å². The third-order valence-corrected chi connectivity index (χ3v) is 5.75. The predicted octanol–water partition coefficient (Wildman–Crippen LogP) is 2.57. The zero-order valence-corrected chi connectivity index (χ0v) is 12.2. The molecule has 20 heavy (non-hydrogen) atoms. The van der Waals surface area contributed by atoms with Crippen molar-refractivity contribution < 1.29 is 17.2 Å². The third-order valence-electron chi connectivity index (χ3n) is 4.11. The van der Waals surface area contributed by atoms with Gasteiger partial charge >= 0.3 is 0 Å². The summed E-state index contributed by atoms with van der Waals surface area (Å²) in [5.74, 6) is -1.85. The molecule has 1 aromatic carbocycles. The number of nitrogens with two attached hydrogens (primary N) is 1. The van der Waals surface area contributed by atoms with E-state index in [1.807, 2.05) is 0 Å². The molecule has 1 aliphatic carbocycles. The van der Waals surface area contributed by atoms with Crippen molar-refractivity contribution in [2.75, 3.05) is 6.26 Å². The Kier molecular flexibility index (Phi) is 4.44. The van der Waals surface area contributed by atoms with E-state index in [0.717, 1.165) is 25.0 Å². The molecule has 1 aliphatic rings. The fraction of sp³-hybridized carbons (Fsp3) is 0.571. The van der Waals surface area contributed by atoms with Gasteiger partial charge in [-0.25, -0.2) is 17.2 Å². The maximum absolute atomic E-state index is 13.2. The molecule has 0 bridgehead atoms. The number of sulfone groups is 1.